The van der Waals surface area contributed by atoms with Crippen LogP contribution in [0.25, 0.3) is 10.8 Å². The monoisotopic (exact) mass is 427 g/mol. The van der Waals surface area contributed by atoms with E-state index in [2.05, 4.69) is 65.8 Å². The average molecular weight is 428 g/mol. The van der Waals surface area contributed by atoms with Crippen LogP contribution < -0.4 is 14.8 Å². The van der Waals surface area contributed by atoms with Crippen molar-refractivity contribution in [1.29, 1.82) is 0 Å². The van der Waals surface area contributed by atoms with Gasteiger partial charge >= 0.3 is 0 Å². The summed E-state index contributed by atoms with van der Waals surface area (Å²) in [5, 5.41) is 15.0. The maximum absolute atomic E-state index is 5.58. The molecule has 5 heteroatoms. The number of rotatable bonds is 8. The van der Waals surface area contributed by atoms with E-state index in [1.54, 1.807) is 14.2 Å². The topological polar surface area (TPSA) is 56.3 Å². The molecule has 164 valence electrons. The zero-order valence-corrected chi connectivity index (χ0v) is 19.0. The second-order valence-corrected chi connectivity index (χ2v) is 8.17. The van der Waals surface area contributed by atoms with Gasteiger partial charge in [0, 0.05) is 28.8 Å². The van der Waals surface area contributed by atoms with Crippen LogP contribution in [0.4, 0.5) is 5.82 Å². The smallest absolute Gasteiger partial charge is 0.157 e. The summed E-state index contributed by atoms with van der Waals surface area (Å²) in [5.74, 6) is 2.73. The molecular weight excluding hydrogens is 398 g/mol. The molecule has 0 radical (unpaired) electrons. The summed E-state index contributed by atoms with van der Waals surface area (Å²) in [7, 11) is 3.32. The molecule has 1 aromatic heterocycles. The Bertz CT molecular complexity index is 1190. The van der Waals surface area contributed by atoms with Crippen molar-refractivity contribution < 1.29 is 9.47 Å². The molecule has 0 amide bonds. The fraction of sp³-hybridized carbons (Fsp3) is 0.259. The molecule has 1 heterocycles. The van der Waals surface area contributed by atoms with Crippen molar-refractivity contribution in [3.05, 3.63) is 89.6 Å². The minimum atomic E-state index is 0.140. The van der Waals surface area contributed by atoms with Crippen molar-refractivity contribution >= 4 is 16.6 Å². The quantitative estimate of drug-likeness (QED) is 0.371. The number of ether oxygens (including phenoxy) is 2. The first kappa shape index (κ1) is 21.6. The van der Waals surface area contributed by atoms with Crippen LogP contribution in [0.2, 0.25) is 0 Å². The fourth-order valence-corrected chi connectivity index (χ4v) is 4.02. The largest absolute Gasteiger partial charge is 0.497 e. The molecule has 0 saturated heterocycles. The Balaban J connectivity index is 1.71. The number of nitrogens with zero attached hydrogens (tertiary/aromatic N) is 2. The number of hydrogen-bond acceptors (Lipinski definition) is 5. The molecule has 3 aromatic carbocycles. The Labute approximate surface area is 189 Å². The Morgan fingerprint density at radius 1 is 0.812 bits per heavy atom. The van der Waals surface area contributed by atoms with Crippen LogP contribution in [0.15, 0.2) is 72.8 Å². The van der Waals surface area contributed by atoms with Crippen molar-refractivity contribution in [2.24, 2.45) is 5.92 Å². The van der Waals surface area contributed by atoms with Gasteiger partial charge in [0.25, 0.3) is 0 Å². The number of methoxy groups -OCH3 is 2. The Kier molecular flexibility index (Phi) is 6.55. The molecule has 1 N–H and O–H groups in total. The average Bonchev–Trinajstić information content (AvgIpc) is 2.84. The molecule has 0 aliphatic rings. The van der Waals surface area contributed by atoms with Crippen LogP contribution in [-0.4, -0.2) is 24.4 Å². The highest BCUT2D eigenvalue weighted by atomic mass is 16.5. The van der Waals surface area contributed by atoms with E-state index < -0.39 is 0 Å². The molecule has 4 aromatic rings. The lowest BCUT2D eigenvalue weighted by molar-refractivity contribution is 0.391. The molecule has 0 aliphatic carbocycles. The number of fused-ring (bicyclic) bond motifs is 1. The highest BCUT2D eigenvalue weighted by Gasteiger charge is 2.19. The van der Waals surface area contributed by atoms with Gasteiger partial charge < -0.3 is 14.8 Å². The third kappa shape index (κ3) is 4.52. The highest BCUT2D eigenvalue weighted by molar-refractivity contribution is 5.93. The maximum atomic E-state index is 5.58. The third-order valence-corrected chi connectivity index (χ3v) is 5.73. The first-order valence-corrected chi connectivity index (χ1v) is 10.9. The summed E-state index contributed by atoms with van der Waals surface area (Å²) in [6.45, 7) is 4.43. The number of benzene rings is 3. The summed E-state index contributed by atoms with van der Waals surface area (Å²) >= 11 is 0. The molecular formula is C27H29N3O2. The van der Waals surface area contributed by atoms with Crippen molar-refractivity contribution in [2.75, 3.05) is 19.5 Å². The molecule has 5 nitrogen and oxygen atoms in total. The molecule has 1 atom stereocenters. The predicted molar refractivity (Wildman–Crippen MR) is 130 cm³/mol. The SMILES string of the molecule is COc1ccc(Cc2nnc(NC(c3ccccc3)C(C)C)c3ccccc23)c(OC)c1. The fourth-order valence-electron chi connectivity index (χ4n) is 4.02. The zero-order chi connectivity index (χ0) is 22.5. The number of hydrogen-bond donors (Lipinski definition) is 1. The van der Waals surface area contributed by atoms with Crippen molar-refractivity contribution in [3.8, 4) is 11.5 Å². The van der Waals surface area contributed by atoms with Crippen LogP contribution in [-0.2, 0) is 6.42 Å². The van der Waals surface area contributed by atoms with E-state index in [1.807, 2.05) is 36.4 Å². The van der Waals surface area contributed by atoms with Gasteiger partial charge in [-0.3, -0.25) is 0 Å². The van der Waals surface area contributed by atoms with Crippen LogP contribution in [0.1, 0.15) is 36.7 Å². The van der Waals surface area contributed by atoms with E-state index in [-0.39, 0.29) is 6.04 Å². The van der Waals surface area contributed by atoms with E-state index in [9.17, 15) is 0 Å². The second-order valence-electron chi connectivity index (χ2n) is 8.17. The van der Waals surface area contributed by atoms with Crippen LogP contribution in [0.3, 0.4) is 0 Å². The Hall–Kier alpha value is -3.60. The minimum Gasteiger partial charge on any atom is -0.497 e. The summed E-state index contributed by atoms with van der Waals surface area (Å²) in [4.78, 5) is 0. The van der Waals surface area contributed by atoms with Crippen LogP contribution in [0.5, 0.6) is 11.5 Å². The molecule has 0 bridgehead atoms. The number of anilines is 1. The van der Waals surface area contributed by atoms with E-state index >= 15 is 0 Å². The first-order chi connectivity index (χ1) is 15.6. The Morgan fingerprint density at radius 2 is 1.53 bits per heavy atom. The highest BCUT2D eigenvalue weighted by Crippen LogP contribution is 2.32. The summed E-state index contributed by atoms with van der Waals surface area (Å²) in [6, 6.07) is 24.8. The molecule has 0 spiro atoms. The van der Waals surface area contributed by atoms with Crippen molar-refractivity contribution in [2.45, 2.75) is 26.3 Å². The van der Waals surface area contributed by atoms with Gasteiger partial charge in [0.15, 0.2) is 5.82 Å². The molecule has 1 unspecified atom stereocenters. The lowest BCUT2D eigenvalue weighted by Crippen LogP contribution is -2.18. The van der Waals surface area contributed by atoms with E-state index in [1.165, 1.54) is 5.56 Å². The van der Waals surface area contributed by atoms with Gasteiger partial charge in [-0.1, -0.05) is 74.5 Å². The molecule has 0 aliphatic heterocycles. The maximum Gasteiger partial charge on any atom is 0.157 e. The standard InChI is InChI=1S/C27H29N3O2/c1-18(2)26(19-10-6-5-7-11-19)28-27-23-13-9-8-12-22(23)24(29-30-27)16-20-14-15-21(31-3)17-25(20)32-4/h5-15,17-18,26H,16H2,1-4H3,(H,28,30). The number of aromatic nitrogens is 2. The molecule has 0 saturated carbocycles. The Morgan fingerprint density at radius 3 is 2.22 bits per heavy atom. The van der Waals surface area contributed by atoms with Gasteiger partial charge in [-0.15, -0.1) is 5.10 Å². The normalized spacial score (nSPS) is 12.0. The van der Waals surface area contributed by atoms with Gasteiger partial charge in [0.05, 0.1) is 26.0 Å². The van der Waals surface area contributed by atoms with Gasteiger partial charge in [-0.2, -0.15) is 5.10 Å². The van der Waals surface area contributed by atoms with Gasteiger partial charge in [0.2, 0.25) is 0 Å². The summed E-state index contributed by atoms with van der Waals surface area (Å²) in [5.41, 5.74) is 3.19. The zero-order valence-electron chi connectivity index (χ0n) is 19.0. The minimum absolute atomic E-state index is 0.140. The predicted octanol–water partition coefficient (Wildman–Crippen LogP) is 6.05. The summed E-state index contributed by atoms with van der Waals surface area (Å²) in [6.07, 6.45) is 0.618. The van der Waals surface area contributed by atoms with Crippen molar-refractivity contribution in [3.63, 3.8) is 0 Å². The van der Waals surface area contributed by atoms with E-state index in [0.717, 1.165) is 39.3 Å². The lowest BCUT2D eigenvalue weighted by Gasteiger charge is -2.24. The van der Waals surface area contributed by atoms with E-state index in [4.69, 9.17) is 9.47 Å². The summed E-state index contributed by atoms with van der Waals surface area (Å²) < 4.78 is 10.9. The molecule has 32 heavy (non-hydrogen) atoms. The van der Waals surface area contributed by atoms with Gasteiger partial charge in [0.1, 0.15) is 11.5 Å². The first-order valence-electron chi connectivity index (χ1n) is 10.9. The van der Waals surface area contributed by atoms with E-state index in [0.29, 0.717) is 12.3 Å². The van der Waals surface area contributed by atoms with Crippen LogP contribution >= 0.6 is 0 Å². The van der Waals surface area contributed by atoms with Crippen LogP contribution in [0, 0.1) is 5.92 Å². The third-order valence-electron chi connectivity index (χ3n) is 5.73. The van der Waals surface area contributed by atoms with Gasteiger partial charge in [-0.25, -0.2) is 0 Å². The second kappa shape index (κ2) is 9.69. The van der Waals surface area contributed by atoms with Gasteiger partial charge in [-0.05, 0) is 17.5 Å². The number of nitrogens with one attached hydrogen (secondary N) is 1. The lowest BCUT2D eigenvalue weighted by atomic mass is 9.95. The van der Waals surface area contributed by atoms with Crippen molar-refractivity contribution in [1.82, 2.24) is 10.2 Å². The molecule has 0 fully saturated rings. The molecule has 4 rings (SSSR count).